The van der Waals surface area contributed by atoms with Crippen LogP contribution in [0.25, 0.3) is 10.9 Å². The second-order valence-electron chi connectivity index (χ2n) is 4.89. The molecule has 0 saturated carbocycles. The summed E-state index contributed by atoms with van der Waals surface area (Å²) in [7, 11) is 0. The highest BCUT2D eigenvalue weighted by atomic mass is 16.5. The number of fused-ring (bicyclic) bond motifs is 1. The van der Waals surface area contributed by atoms with Crippen LogP contribution in [0.1, 0.15) is 12.5 Å². The minimum Gasteiger partial charge on any atom is -0.456 e. The van der Waals surface area contributed by atoms with E-state index >= 15 is 0 Å². The first-order valence-corrected chi connectivity index (χ1v) is 7.17. The van der Waals surface area contributed by atoms with Crippen molar-refractivity contribution in [3.05, 3.63) is 66.4 Å². The zero-order valence-electron chi connectivity index (χ0n) is 12.0. The van der Waals surface area contributed by atoms with Crippen LogP contribution in [0.4, 0.5) is 0 Å². The lowest BCUT2D eigenvalue weighted by Gasteiger charge is -2.08. The fourth-order valence-corrected chi connectivity index (χ4v) is 2.23. The van der Waals surface area contributed by atoms with Gasteiger partial charge in [-0.25, -0.2) is 0 Å². The third-order valence-corrected chi connectivity index (χ3v) is 3.28. The number of hydrogen-bond acceptors (Lipinski definition) is 3. The minimum atomic E-state index is 0.759. The average Bonchev–Trinajstić information content (AvgIpc) is 2.53. The van der Waals surface area contributed by atoms with Gasteiger partial charge in [0.15, 0.2) is 0 Å². The average molecular weight is 278 g/mol. The molecule has 1 heterocycles. The Bertz CT molecular complexity index is 740. The van der Waals surface area contributed by atoms with Crippen LogP contribution in [-0.4, -0.2) is 11.5 Å². The molecule has 3 heteroatoms. The fraction of sp³-hybridized carbons (Fsp3) is 0.167. The number of nitrogens with one attached hydrogen (secondary N) is 1. The molecule has 0 saturated heterocycles. The molecule has 21 heavy (non-hydrogen) atoms. The monoisotopic (exact) mass is 278 g/mol. The SMILES string of the molecule is CCNCc1cccc(Oc2cnc3ccccc3c2)c1. The largest absolute Gasteiger partial charge is 0.456 e. The van der Waals surface area contributed by atoms with Crippen LogP contribution < -0.4 is 10.1 Å². The van der Waals surface area contributed by atoms with Crippen LogP contribution in [-0.2, 0) is 6.54 Å². The van der Waals surface area contributed by atoms with Crippen molar-refractivity contribution in [2.45, 2.75) is 13.5 Å². The van der Waals surface area contributed by atoms with Gasteiger partial charge >= 0.3 is 0 Å². The lowest BCUT2D eigenvalue weighted by molar-refractivity contribution is 0.480. The van der Waals surface area contributed by atoms with Crippen molar-refractivity contribution in [1.82, 2.24) is 10.3 Å². The van der Waals surface area contributed by atoms with Crippen molar-refractivity contribution in [3.63, 3.8) is 0 Å². The molecule has 0 spiro atoms. The van der Waals surface area contributed by atoms with Gasteiger partial charge in [-0.15, -0.1) is 0 Å². The van der Waals surface area contributed by atoms with E-state index in [-0.39, 0.29) is 0 Å². The molecule has 1 N–H and O–H groups in total. The summed E-state index contributed by atoms with van der Waals surface area (Å²) in [4.78, 5) is 4.41. The molecular formula is C18H18N2O. The summed E-state index contributed by atoms with van der Waals surface area (Å²) in [5.41, 5.74) is 2.19. The maximum absolute atomic E-state index is 5.92. The Morgan fingerprint density at radius 3 is 2.81 bits per heavy atom. The highest BCUT2D eigenvalue weighted by molar-refractivity contribution is 5.79. The van der Waals surface area contributed by atoms with Crippen molar-refractivity contribution in [1.29, 1.82) is 0 Å². The fourth-order valence-electron chi connectivity index (χ4n) is 2.23. The number of aromatic nitrogens is 1. The number of para-hydroxylation sites is 1. The molecule has 0 bridgehead atoms. The quantitative estimate of drug-likeness (QED) is 0.761. The smallest absolute Gasteiger partial charge is 0.146 e. The Hall–Kier alpha value is -2.39. The van der Waals surface area contributed by atoms with E-state index in [1.807, 2.05) is 42.5 Å². The zero-order chi connectivity index (χ0) is 14.5. The number of pyridine rings is 1. The number of benzene rings is 2. The Kier molecular flexibility index (Phi) is 4.12. The van der Waals surface area contributed by atoms with Crippen LogP contribution in [0.15, 0.2) is 60.8 Å². The number of nitrogens with zero attached hydrogens (tertiary/aromatic N) is 1. The summed E-state index contributed by atoms with van der Waals surface area (Å²) in [6, 6.07) is 18.2. The molecule has 1 aromatic heterocycles. The molecule has 0 radical (unpaired) electrons. The van der Waals surface area contributed by atoms with E-state index < -0.39 is 0 Å². The summed E-state index contributed by atoms with van der Waals surface area (Å²) in [5, 5.41) is 4.39. The molecule has 3 aromatic rings. The van der Waals surface area contributed by atoms with Gasteiger partial charge in [0.2, 0.25) is 0 Å². The van der Waals surface area contributed by atoms with Gasteiger partial charge in [-0.2, -0.15) is 0 Å². The van der Waals surface area contributed by atoms with E-state index in [0.29, 0.717) is 0 Å². The third kappa shape index (κ3) is 3.38. The zero-order valence-corrected chi connectivity index (χ0v) is 12.0. The van der Waals surface area contributed by atoms with Gasteiger partial charge in [0.25, 0.3) is 0 Å². The van der Waals surface area contributed by atoms with Gasteiger partial charge in [-0.05, 0) is 36.4 Å². The van der Waals surface area contributed by atoms with Crippen molar-refractivity contribution >= 4 is 10.9 Å². The molecule has 0 aliphatic heterocycles. The molecule has 0 amide bonds. The predicted octanol–water partition coefficient (Wildman–Crippen LogP) is 4.14. The first kappa shape index (κ1) is 13.6. The maximum atomic E-state index is 5.92. The van der Waals surface area contributed by atoms with E-state index in [2.05, 4.69) is 29.4 Å². The summed E-state index contributed by atoms with van der Waals surface area (Å²) in [5.74, 6) is 1.59. The van der Waals surface area contributed by atoms with E-state index in [1.54, 1.807) is 6.20 Å². The summed E-state index contributed by atoms with van der Waals surface area (Å²) in [6.45, 7) is 3.91. The van der Waals surface area contributed by atoms with Crippen molar-refractivity contribution in [3.8, 4) is 11.5 Å². The molecule has 0 atom stereocenters. The molecule has 0 unspecified atom stereocenters. The molecule has 0 aliphatic rings. The van der Waals surface area contributed by atoms with Crippen molar-refractivity contribution < 1.29 is 4.74 Å². The van der Waals surface area contributed by atoms with E-state index in [0.717, 1.165) is 35.5 Å². The number of rotatable bonds is 5. The molecule has 0 fully saturated rings. The van der Waals surface area contributed by atoms with Crippen LogP contribution in [0, 0.1) is 0 Å². The Morgan fingerprint density at radius 1 is 1.00 bits per heavy atom. The molecule has 0 aliphatic carbocycles. The standard InChI is InChI=1S/C18H18N2O/c1-2-19-12-14-6-5-8-16(10-14)21-17-11-15-7-3-4-9-18(15)20-13-17/h3-11,13,19H,2,12H2,1H3. The highest BCUT2D eigenvalue weighted by Crippen LogP contribution is 2.24. The highest BCUT2D eigenvalue weighted by Gasteiger charge is 2.01. The van der Waals surface area contributed by atoms with Crippen LogP contribution >= 0.6 is 0 Å². The second kappa shape index (κ2) is 6.37. The van der Waals surface area contributed by atoms with Gasteiger partial charge < -0.3 is 10.1 Å². The van der Waals surface area contributed by atoms with Gasteiger partial charge in [0, 0.05) is 11.9 Å². The van der Waals surface area contributed by atoms with E-state index in [1.165, 1.54) is 5.56 Å². The normalized spacial score (nSPS) is 10.7. The van der Waals surface area contributed by atoms with Gasteiger partial charge in [-0.1, -0.05) is 37.3 Å². The molecule has 2 aromatic carbocycles. The Morgan fingerprint density at radius 2 is 1.90 bits per heavy atom. The summed E-state index contributed by atoms with van der Waals surface area (Å²) in [6.07, 6.45) is 1.76. The van der Waals surface area contributed by atoms with Gasteiger partial charge in [0.05, 0.1) is 11.7 Å². The van der Waals surface area contributed by atoms with E-state index in [9.17, 15) is 0 Å². The molecule has 3 rings (SSSR count). The number of ether oxygens (including phenoxy) is 1. The van der Waals surface area contributed by atoms with Crippen molar-refractivity contribution in [2.24, 2.45) is 0 Å². The van der Waals surface area contributed by atoms with Crippen LogP contribution in [0.5, 0.6) is 11.5 Å². The van der Waals surface area contributed by atoms with Crippen LogP contribution in [0.3, 0.4) is 0 Å². The van der Waals surface area contributed by atoms with Crippen molar-refractivity contribution in [2.75, 3.05) is 6.54 Å². The van der Waals surface area contributed by atoms with Gasteiger partial charge in [-0.3, -0.25) is 4.98 Å². The Balaban J connectivity index is 1.81. The predicted molar refractivity (Wildman–Crippen MR) is 85.6 cm³/mol. The molecular weight excluding hydrogens is 260 g/mol. The third-order valence-electron chi connectivity index (χ3n) is 3.28. The molecule has 3 nitrogen and oxygen atoms in total. The second-order valence-corrected chi connectivity index (χ2v) is 4.89. The van der Waals surface area contributed by atoms with Gasteiger partial charge in [0.1, 0.15) is 11.5 Å². The summed E-state index contributed by atoms with van der Waals surface area (Å²) >= 11 is 0. The Labute approximate surface area is 124 Å². The maximum Gasteiger partial charge on any atom is 0.146 e. The lowest BCUT2D eigenvalue weighted by Crippen LogP contribution is -2.11. The lowest BCUT2D eigenvalue weighted by atomic mass is 10.2. The first-order chi connectivity index (χ1) is 10.3. The van der Waals surface area contributed by atoms with Crippen LogP contribution in [0.2, 0.25) is 0 Å². The first-order valence-electron chi connectivity index (χ1n) is 7.17. The van der Waals surface area contributed by atoms with E-state index in [4.69, 9.17) is 4.74 Å². The topological polar surface area (TPSA) is 34.1 Å². The summed E-state index contributed by atoms with van der Waals surface area (Å²) < 4.78 is 5.92. The number of hydrogen-bond donors (Lipinski definition) is 1. The minimum absolute atomic E-state index is 0.759. The molecule has 106 valence electrons.